The van der Waals surface area contributed by atoms with Crippen molar-refractivity contribution in [3.05, 3.63) is 54.0 Å². The van der Waals surface area contributed by atoms with Gasteiger partial charge in [-0.2, -0.15) is 4.80 Å². The van der Waals surface area contributed by atoms with E-state index in [4.69, 9.17) is 4.42 Å². The second-order valence-corrected chi connectivity index (χ2v) is 8.16. The lowest BCUT2D eigenvalue weighted by molar-refractivity contribution is 0.0881. The summed E-state index contributed by atoms with van der Waals surface area (Å²) in [5, 5.41) is 15.9. The number of amides is 1. The average Bonchev–Trinajstić information content (AvgIpc) is 3.44. The predicted molar refractivity (Wildman–Crippen MR) is 117 cm³/mol. The quantitative estimate of drug-likeness (QED) is 0.532. The Balaban J connectivity index is 1.10. The molecule has 1 saturated heterocycles. The van der Waals surface area contributed by atoms with Crippen LogP contribution < -0.4 is 5.32 Å². The van der Waals surface area contributed by atoms with Crippen LogP contribution in [-0.4, -0.2) is 56.7 Å². The minimum absolute atomic E-state index is 0.0990. The van der Waals surface area contributed by atoms with Crippen molar-refractivity contribution in [3.8, 4) is 11.4 Å². The lowest BCUT2D eigenvalue weighted by Crippen LogP contribution is -2.44. The van der Waals surface area contributed by atoms with E-state index in [1.54, 1.807) is 11.1 Å². The third-order valence-electron chi connectivity index (χ3n) is 5.81. The van der Waals surface area contributed by atoms with Crippen LogP contribution in [0.2, 0.25) is 0 Å². The van der Waals surface area contributed by atoms with Crippen molar-refractivity contribution in [2.75, 3.05) is 19.6 Å². The van der Waals surface area contributed by atoms with E-state index in [1.807, 2.05) is 43.3 Å². The van der Waals surface area contributed by atoms with E-state index in [9.17, 15) is 4.79 Å². The molecule has 3 aromatic rings. The first-order chi connectivity index (χ1) is 15.2. The van der Waals surface area contributed by atoms with Crippen molar-refractivity contribution in [2.24, 2.45) is 0 Å². The fourth-order valence-corrected chi connectivity index (χ4v) is 3.96. The van der Waals surface area contributed by atoms with E-state index in [0.29, 0.717) is 11.6 Å². The van der Waals surface area contributed by atoms with Crippen LogP contribution in [0.1, 0.15) is 48.2 Å². The SMILES string of the molecule is Cc1ccoc1C(=O)NC1CCN(CCCCCn2nnc(-c3ccccc3)n2)CC1. The van der Waals surface area contributed by atoms with E-state index in [1.165, 1.54) is 0 Å². The highest BCUT2D eigenvalue weighted by atomic mass is 16.3. The number of nitrogens with one attached hydrogen (secondary N) is 1. The molecule has 3 heterocycles. The van der Waals surface area contributed by atoms with Gasteiger partial charge in [0.15, 0.2) is 5.76 Å². The van der Waals surface area contributed by atoms with Gasteiger partial charge in [0.1, 0.15) is 0 Å². The number of unbranched alkanes of at least 4 members (excludes halogenated alkanes) is 2. The summed E-state index contributed by atoms with van der Waals surface area (Å²) in [4.78, 5) is 16.5. The molecule has 1 fully saturated rings. The van der Waals surface area contributed by atoms with E-state index < -0.39 is 0 Å². The predicted octanol–water partition coefficient (Wildman–Crippen LogP) is 3.31. The first kappa shape index (κ1) is 21.2. The summed E-state index contributed by atoms with van der Waals surface area (Å²) < 4.78 is 5.28. The smallest absolute Gasteiger partial charge is 0.287 e. The Kier molecular flexibility index (Phi) is 7.09. The molecule has 0 saturated carbocycles. The molecule has 0 atom stereocenters. The number of likely N-dealkylation sites (tertiary alicyclic amines) is 1. The third kappa shape index (κ3) is 5.79. The third-order valence-corrected chi connectivity index (χ3v) is 5.81. The maximum Gasteiger partial charge on any atom is 0.287 e. The Bertz CT molecular complexity index is 959. The summed E-state index contributed by atoms with van der Waals surface area (Å²) >= 11 is 0. The van der Waals surface area contributed by atoms with Crippen LogP contribution in [0.25, 0.3) is 11.4 Å². The molecule has 1 N–H and O–H groups in total. The lowest BCUT2D eigenvalue weighted by atomic mass is 10.0. The van der Waals surface area contributed by atoms with Crippen LogP contribution >= 0.6 is 0 Å². The van der Waals surface area contributed by atoms with Crippen LogP contribution in [-0.2, 0) is 6.54 Å². The van der Waals surface area contributed by atoms with Gasteiger partial charge >= 0.3 is 0 Å². The van der Waals surface area contributed by atoms with Gasteiger partial charge in [0.2, 0.25) is 5.82 Å². The highest BCUT2D eigenvalue weighted by Gasteiger charge is 2.22. The number of nitrogens with zero attached hydrogens (tertiary/aromatic N) is 5. The minimum atomic E-state index is -0.0990. The van der Waals surface area contributed by atoms with Crippen molar-refractivity contribution in [3.63, 3.8) is 0 Å². The monoisotopic (exact) mass is 422 g/mol. The number of benzene rings is 1. The number of tetrazole rings is 1. The Hall–Kier alpha value is -3.00. The number of aryl methyl sites for hydroxylation is 2. The fraction of sp³-hybridized carbons (Fsp3) is 0.478. The number of hydrogen-bond acceptors (Lipinski definition) is 6. The standard InChI is InChI=1S/C23H30N6O2/c1-18-12-17-31-21(18)23(30)24-20-10-15-28(16-11-20)13-6-3-7-14-29-26-22(25-27-29)19-8-4-2-5-9-19/h2,4-5,8-9,12,17,20H,3,6-7,10-11,13-16H2,1H3,(H,24,30). The summed E-state index contributed by atoms with van der Waals surface area (Å²) in [5.74, 6) is 1.01. The zero-order chi connectivity index (χ0) is 21.5. The molecule has 1 amide bonds. The molecule has 0 aliphatic carbocycles. The van der Waals surface area contributed by atoms with Gasteiger partial charge in [-0.25, -0.2) is 0 Å². The Labute approximate surface area is 182 Å². The van der Waals surface area contributed by atoms with Crippen LogP contribution in [0.15, 0.2) is 47.1 Å². The number of piperidine rings is 1. The molecular weight excluding hydrogens is 392 g/mol. The van der Waals surface area contributed by atoms with E-state index >= 15 is 0 Å². The van der Waals surface area contributed by atoms with Crippen LogP contribution in [0.5, 0.6) is 0 Å². The van der Waals surface area contributed by atoms with E-state index in [2.05, 4.69) is 25.6 Å². The van der Waals surface area contributed by atoms with Crippen molar-refractivity contribution >= 4 is 5.91 Å². The van der Waals surface area contributed by atoms with Crippen molar-refractivity contribution in [1.82, 2.24) is 30.4 Å². The molecular formula is C23H30N6O2. The van der Waals surface area contributed by atoms with Gasteiger partial charge < -0.3 is 14.6 Å². The highest BCUT2D eigenvalue weighted by Crippen LogP contribution is 2.15. The molecule has 1 aromatic carbocycles. The number of aromatic nitrogens is 4. The van der Waals surface area contributed by atoms with Crippen molar-refractivity contribution in [1.29, 1.82) is 0 Å². The fourth-order valence-electron chi connectivity index (χ4n) is 3.96. The molecule has 1 aliphatic rings. The lowest BCUT2D eigenvalue weighted by Gasteiger charge is -2.32. The maximum atomic E-state index is 12.3. The Morgan fingerprint density at radius 1 is 1.10 bits per heavy atom. The number of carbonyl (C=O) groups is 1. The van der Waals surface area contributed by atoms with Gasteiger partial charge in [-0.1, -0.05) is 36.8 Å². The molecule has 0 unspecified atom stereocenters. The first-order valence-electron chi connectivity index (χ1n) is 11.1. The number of furan rings is 1. The summed E-state index contributed by atoms with van der Waals surface area (Å²) in [5.41, 5.74) is 1.87. The molecule has 8 nitrogen and oxygen atoms in total. The Morgan fingerprint density at radius 2 is 1.87 bits per heavy atom. The molecule has 0 bridgehead atoms. The largest absolute Gasteiger partial charge is 0.459 e. The van der Waals surface area contributed by atoms with Crippen LogP contribution in [0.4, 0.5) is 0 Å². The maximum absolute atomic E-state index is 12.3. The second kappa shape index (κ2) is 10.3. The molecule has 1 aliphatic heterocycles. The van der Waals surface area contributed by atoms with Crippen molar-refractivity contribution < 1.29 is 9.21 Å². The topological polar surface area (TPSA) is 89.1 Å². The molecule has 4 rings (SSSR count). The second-order valence-electron chi connectivity index (χ2n) is 8.16. The summed E-state index contributed by atoms with van der Waals surface area (Å²) in [6, 6.07) is 12.0. The average molecular weight is 423 g/mol. The number of rotatable bonds is 9. The minimum Gasteiger partial charge on any atom is -0.459 e. The molecule has 164 valence electrons. The molecule has 0 spiro atoms. The summed E-state index contributed by atoms with van der Waals surface area (Å²) in [6.45, 7) is 5.82. The number of carbonyl (C=O) groups excluding carboxylic acids is 1. The van der Waals surface area contributed by atoms with Gasteiger partial charge in [-0.05, 0) is 50.4 Å². The van der Waals surface area contributed by atoms with Gasteiger partial charge in [0.05, 0.1) is 12.8 Å². The molecule has 0 radical (unpaired) electrons. The normalized spacial score (nSPS) is 15.3. The van der Waals surface area contributed by atoms with Crippen molar-refractivity contribution in [2.45, 2.75) is 51.6 Å². The summed E-state index contributed by atoms with van der Waals surface area (Å²) in [7, 11) is 0. The Morgan fingerprint density at radius 3 is 2.61 bits per heavy atom. The van der Waals surface area contributed by atoms with Gasteiger partial charge in [0, 0.05) is 30.3 Å². The van der Waals surface area contributed by atoms with Gasteiger partial charge in [0.25, 0.3) is 5.91 Å². The first-order valence-corrected chi connectivity index (χ1v) is 11.1. The highest BCUT2D eigenvalue weighted by molar-refractivity contribution is 5.92. The van der Waals surface area contributed by atoms with Crippen LogP contribution in [0, 0.1) is 6.92 Å². The molecule has 31 heavy (non-hydrogen) atoms. The summed E-state index contributed by atoms with van der Waals surface area (Å²) in [6.07, 6.45) is 6.86. The van der Waals surface area contributed by atoms with Gasteiger partial charge in [-0.3, -0.25) is 4.79 Å². The zero-order valence-corrected chi connectivity index (χ0v) is 18.0. The van der Waals surface area contributed by atoms with Crippen LogP contribution in [0.3, 0.4) is 0 Å². The van der Waals surface area contributed by atoms with E-state index in [-0.39, 0.29) is 11.9 Å². The molecule has 2 aromatic heterocycles. The van der Waals surface area contributed by atoms with E-state index in [0.717, 1.165) is 69.4 Å². The molecule has 8 heteroatoms. The number of hydrogen-bond donors (Lipinski definition) is 1. The zero-order valence-electron chi connectivity index (χ0n) is 18.0. The van der Waals surface area contributed by atoms with Gasteiger partial charge in [-0.15, -0.1) is 10.2 Å².